The molecule has 0 radical (unpaired) electrons. The van der Waals surface area contributed by atoms with Gasteiger partial charge >= 0.3 is 0 Å². The molecule has 1 aliphatic heterocycles. The van der Waals surface area contributed by atoms with Crippen LogP contribution in [0.3, 0.4) is 0 Å². The van der Waals surface area contributed by atoms with Crippen molar-refractivity contribution in [2.45, 2.75) is 57.3 Å². The number of carbonyl (C=O) groups is 1. The van der Waals surface area contributed by atoms with E-state index in [0.29, 0.717) is 29.1 Å². The first-order valence-electron chi connectivity index (χ1n) is 8.64. The highest BCUT2D eigenvalue weighted by atomic mass is 16.2. The van der Waals surface area contributed by atoms with Crippen LogP contribution in [0.25, 0.3) is 0 Å². The second-order valence-corrected chi connectivity index (χ2v) is 7.36. The highest BCUT2D eigenvalue weighted by Gasteiger charge is 2.58. The molecule has 6 heteroatoms. The zero-order valence-corrected chi connectivity index (χ0v) is 13.1. The molecule has 1 saturated heterocycles. The summed E-state index contributed by atoms with van der Waals surface area (Å²) in [7, 11) is 0. The molecule has 0 aromatic carbocycles. The molecule has 0 bridgehead atoms. The summed E-state index contributed by atoms with van der Waals surface area (Å²) >= 11 is 0. The molecule has 1 atom stereocenters. The number of hydrogen-bond donors (Lipinski definition) is 2. The fourth-order valence-electron chi connectivity index (χ4n) is 4.57. The van der Waals surface area contributed by atoms with Gasteiger partial charge < -0.3 is 10.6 Å². The molecule has 6 nitrogen and oxygen atoms in total. The van der Waals surface area contributed by atoms with Crippen LogP contribution in [0.2, 0.25) is 0 Å². The van der Waals surface area contributed by atoms with Gasteiger partial charge in [-0.25, -0.2) is 0 Å². The number of nitrogens with zero attached hydrogens (tertiary/aromatic N) is 3. The number of amides is 1. The third kappa shape index (κ3) is 2.38. The molecule has 1 amide bonds. The van der Waals surface area contributed by atoms with Gasteiger partial charge in [-0.05, 0) is 37.5 Å². The molecule has 22 heavy (non-hydrogen) atoms. The summed E-state index contributed by atoms with van der Waals surface area (Å²) in [4.78, 5) is 19.1. The van der Waals surface area contributed by atoms with Gasteiger partial charge in [-0.2, -0.15) is 4.98 Å². The Hall–Kier alpha value is -1.59. The number of aromatic amines is 1. The van der Waals surface area contributed by atoms with Crippen LogP contribution >= 0.6 is 0 Å². The van der Waals surface area contributed by atoms with E-state index in [2.05, 4.69) is 20.1 Å². The van der Waals surface area contributed by atoms with Gasteiger partial charge in [-0.1, -0.05) is 19.3 Å². The summed E-state index contributed by atoms with van der Waals surface area (Å²) in [5.41, 5.74) is 5.96. The van der Waals surface area contributed by atoms with Crippen molar-refractivity contribution in [1.82, 2.24) is 20.1 Å². The van der Waals surface area contributed by atoms with Crippen molar-refractivity contribution in [2.24, 2.45) is 11.3 Å². The fraction of sp³-hybridized carbons (Fsp3) is 0.812. The van der Waals surface area contributed by atoms with Gasteiger partial charge in [0.1, 0.15) is 5.82 Å². The summed E-state index contributed by atoms with van der Waals surface area (Å²) < 4.78 is 0. The Kier molecular flexibility index (Phi) is 3.35. The number of nitrogens with two attached hydrogens (primary N) is 1. The maximum atomic E-state index is 12.8. The van der Waals surface area contributed by atoms with Gasteiger partial charge in [-0.3, -0.25) is 9.89 Å². The average Bonchev–Trinajstić information content (AvgIpc) is 3.05. The molecule has 4 rings (SSSR count). The first-order chi connectivity index (χ1) is 10.7. The lowest BCUT2D eigenvalue weighted by Gasteiger charge is -2.32. The number of likely N-dealkylation sites (tertiary alicyclic amines) is 1. The van der Waals surface area contributed by atoms with Gasteiger partial charge in [0.2, 0.25) is 11.9 Å². The van der Waals surface area contributed by atoms with E-state index in [-0.39, 0.29) is 0 Å². The molecule has 1 aromatic rings. The van der Waals surface area contributed by atoms with Crippen molar-refractivity contribution in [3.05, 3.63) is 5.82 Å². The Labute approximate surface area is 130 Å². The first kappa shape index (κ1) is 14.0. The number of piperidine rings is 1. The van der Waals surface area contributed by atoms with Crippen LogP contribution in [0.1, 0.15) is 63.1 Å². The molecule has 3 N–H and O–H groups in total. The van der Waals surface area contributed by atoms with Gasteiger partial charge in [0.05, 0.1) is 0 Å². The minimum atomic E-state index is 0.311. The molecule has 3 aliphatic rings. The molecular weight excluding hydrogens is 278 g/mol. The van der Waals surface area contributed by atoms with E-state index >= 15 is 0 Å². The van der Waals surface area contributed by atoms with E-state index in [4.69, 9.17) is 5.73 Å². The van der Waals surface area contributed by atoms with E-state index in [0.717, 1.165) is 38.2 Å². The predicted molar refractivity (Wildman–Crippen MR) is 83.0 cm³/mol. The topological polar surface area (TPSA) is 87.9 Å². The SMILES string of the molecule is Nc1n[nH]c(C2CCN(C(=O)C3CC34CCCCC4)CC2)n1. The van der Waals surface area contributed by atoms with E-state index in [1.807, 2.05) is 0 Å². The molecule has 1 spiro atoms. The zero-order chi connectivity index (χ0) is 15.2. The highest BCUT2D eigenvalue weighted by molar-refractivity contribution is 5.82. The normalized spacial score (nSPS) is 28.0. The monoisotopic (exact) mass is 303 g/mol. The van der Waals surface area contributed by atoms with Crippen LogP contribution in [-0.2, 0) is 4.79 Å². The molecule has 1 unspecified atom stereocenters. The van der Waals surface area contributed by atoms with Gasteiger partial charge in [0, 0.05) is 24.9 Å². The minimum absolute atomic E-state index is 0.311. The van der Waals surface area contributed by atoms with Gasteiger partial charge in [0.25, 0.3) is 0 Å². The third-order valence-electron chi connectivity index (χ3n) is 6.05. The van der Waals surface area contributed by atoms with Crippen LogP contribution in [-0.4, -0.2) is 39.1 Å². The van der Waals surface area contributed by atoms with Crippen LogP contribution in [0.4, 0.5) is 5.95 Å². The van der Waals surface area contributed by atoms with E-state index in [1.54, 1.807) is 0 Å². The Bertz CT molecular complexity index is 555. The smallest absolute Gasteiger partial charge is 0.239 e. The highest BCUT2D eigenvalue weighted by Crippen LogP contribution is 2.62. The number of hydrogen-bond acceptors (Lipinski definition) is 4. The maximum absolute atomic E-state index is 12.8. The second-order valence-electron chi connectivity index (χ2n) is 7.36. The molecule has 120 valence electrons. The predicted octanol–water partition coefficient (Wildman–Crippen LogP) is 2.06. The van der Waals surface area contributed by atoms with Gasteiger partial charge in [0.15, 0.2) is 0 Å². The number of aromatic nitrogens is 3. The summed E-state index contributed by atoms with van der Waals surface area (Å²) in [6, 6.07) is 0. The van der Waals surface area contributed by atoms with Crippen molar-refractivity contribution >= 4 is 11.9 Å². The first-order valence-corrected chi connectivity index (χ1v) is 8.64. The lowest BCUT2D eigenvalue weighted by atomic mass is 9.84. The summed E-state index contributed by atoms with van der Waals surface area (Å²) in [5, 5.41) is 6.81. The maximum Gasteiger partial charge on any atom is 0.239 e. The quantitative estimate of drug-likeness (QED) is 0.875. The van der Waals surface area contributed by atoms with Crippen molar-refractivity contribution in [3.8, 4) is 0 Å². The van der Waals surface area contributed by atoms with E-state index in [9.17, 15) is 4.79 Å². The molecule has 2 heterocycles. The minimum Gasteiger partial charge on any atom is -0.367 e. The Balaban J connectivity index is 1.33. The Morgan fingerprint density at radius 2 is 1.95 bits per heavy atom. The summed E-state index contributed by atoms with van der Waals surface area (Å²) in [5.74, 6) is 2.28. The average molecular weight is 303 g/mol. The number of anilines is 1. The van der Waals surface area contributed by atoms with Crippen molar-refractivity contribution in [2.75, 3.05) is 18.8 Å². The summed E-state index contributed by atoms with van der Waals surface area (Å²) in [6.07, 6.45) is 9.60. The van der Waals surface area contributed by atoms with E-state index < -0.39 is 0 Å². The Morgan fingerprint density at radius 3 is 2.59 bits per heavy atom. The fourth-order valence-corrected chi connectivity index (χ4v) is 4.57. The van der Waals surface area contributed by atoms with Crippen LogP contribution in [0, 0.1) is 11.3 Å². The third-order valence-corrected chi connectivity index (χ3v) is 6.05. The molecule has 3 fully saturated rings. The molecule has 1 aromatic heterocycles. The number of carbonyl (C=O) groups excluding carboxylic acids is 1. The number of nitrogen functional groups attached to an aromatic ring is 1. The van der Waals surface area contributed by atoms with Gasteiger partial charge in [-0.15, -0.1) is 5.10 Å². The molecular formula is C16H25N5O. The lowest BCUT2D eigenvalue weighted by Crippen LogP contribution is -2.40. The van der Waals surface area contributed by atoms with Crippen LogP contribution in [0.5, 0.6) is 0 Å². The molecule has 2 saturated carbocycles. The summed E-state index contributed by atoms with van der Waals surface area (Å²) in [6.45, 7) is 1.69. The Morgan fingerprint density at radius 1 is 1.23 bits per heavy atom. The van der Waals surface area contributed by atoms with Crippen molar-refractivity contribution in [1.29, 1.82) is 0 Å². The van der Waals surface area contributed by atoms with Crippen LogP contribution < -0.4 is 5.73 Å². The van der Waals surface area contributed by atoms with Crippen molar-refractivity contribution < 1.29 is 4.79 Å². The van der Waals surface area contributed by atoms with E-state index in [1.165, 1.54) is 32.1 Å². The molecule has 2 aliphatic carbocycles. The van der Waals surface area contributed by atoms with Crippen molar-refractivity contribution in [3.63, 3.8) is 0 Å². The second kappa shape index (κ2) is 5.25. The largest absolute Gasteiger partial charge is 0.367 e. The zero-order valence-electron chi connectivity index (χ0n) is 13.1. The number of rotatable bonds is 2. The standard InChI is InChI=1S/C16H25N5O/c17-15-18-13(19-20-15)11-4-8-21(9-5-11)14(22)12-10-16(12)6-2-1-3-7-16/h11-12H,1-10H2,(H3,17,18,19,20). The van der Waals surface area contributed by atoms with Crippen LogP contribution in [0.15, 0.2) is 0 Å². The lowest BCUT2D eigenvalue weighted by molar-refractivity contribution is -0.134. The number of H-pyrrole nitrogens is 1. The number of nitrogens with one attached hydrogen (secondary N) is 1.